The minimum Gasteiger partial charge on any atom is -0.496 e. The summed E-state index contributed by atoms with van der Waals surface area (Å²) in [5.74, 6) is 1.27. The van der Waals surface area contributed by atoms with E-state index < -0.39 is 0 Å². The monoisotopic (exact) mass is 457 g/mol. The van der Waals surface area contributed by atoms with E-state index in [4.69, 9.17) is 14.2 Å². The van der Waals surface area contributed by atoms with E-state index in [1.807, 2.05) is 19.9 Å². The van der Waals surface area contributed by atoms with Crippen molar-refractivity contribution in [3.8, 4) is 11.5 Å². The highest BCUT2D eigenvalue weighted by Crippen LogP contribution is 2.43. The lowest BCUT2D eigenvalue weighted by molar-refractivity contribution is -0.116. The number of rotatable bonds is 9. The first kappa shape index (κ1) is 22.3. The molecule has 0 bridgehead atoms. The highest BCUT2D eigenvalue weighted by Gasteiger charge is 2.32. The molecule has 0 spiro atoms. The minimum atomic E-state index is -0.372. The fourth-order valence-corrected chi connectivity index (χ4v) is 4.81. The number of methoxy groups -OCH3 is 2. The SMILES string of the molecule is COc1c(C)c2c(c(OC)c1C/C=C(\C)CCC(=O)Nc1nnc(C3CC3)s1)C(=O)OC2. The maximum atomic E-state index is 12.3. The zero-order chi connectivity index (χ0) is 22.8. The Morgan fingerprint density at radius 3 is 2.66 bits per heavy atom. The van der Waals surface area contributed by atoms with Crippen LogP contribution in [0.15, 0.2) is 11.6 Å². The van der Waals surface area contributed by atoms with E-state index >= 15 is 0 Å². The number of cyclic esters (lactones) is 1. The smallest absolute Gasteiger partial charge is 0.342 e. The van der Waals surface area contributed by atoms with Crippen molar-refractivity contribution in [3.63, 3.8) is 0 Å². The van der Waals surface area contributed by atoms with Gasteiger partial charge in [-0.05, 0) is 45.1 Å². The summed E-state index contributed by atoms with van der Waals surface area (Å²) < 4.78 is 16.5. The normalized spacial score (nSPS) is 15.4. The molecule has 1 aliphatic carbocycles. The molecular weight excluding hydrogens is 430 g/mol. The van der Waals surface area contributed by atoms with E-state index in [0.717, 1.165) is 40.1 Å². The van der Waals surface area contributed by atoms with E-state index in [1.54, 1.807) is 14.2 Å². The molecule has 32 heavy (non-hydrogen) atoms. The number of carbonyl (C=O) groups excluding carboxylic acids is 2. The third-order valence-electron chi connectivity index (χ3n) is 5.84. The summed E-state index contributed by atoms with van der Waals surface area (Å²) in [6.45, 7) is 4.14. The molecule has 0 radical (unpaired) electrons. The molecule has 1 N–H and O–H groups in total. The summed E-state index contributed by atoms with van der Waals surface area (Å²) in [5, 5.41) is 12.6. The predicted octanol–water partition coefficient (Wildman–Crippen LogP) is 4.32. The number of hydrogen-bond donors (Lipinski definition) is 1. The first-order valence-electron chi connectivity index (χ1n) is 10.6. The number of hydrogen-bond acceptors (Lipinski definition) is 8. The van der Waals surface area contributed by atoms with Crippen LogP contribution in [-0.4, -0.2) is 36.3 Å². The van der Waals surface area contributed by atoms with Crippen LogP contribution in [0.25, 0.3) is 0 Å². The molecule has 1 aromatic carbocycles. The van der Waals surface area contributed by atoms with Crippen LogP contribution < -0.4 is 14.8 Å². The van der Waals surface area contributed by atoms with Gasteiger partial charge in [-0.15, -0.1) is 10.2 Å². The molecule has 0 saturated heterocycles. The average Bonchev–Trinajstić information content (AvgIpc) is 3.41. The molecule has 2 aromatic rings. The maximum absolute atomic E-state index is 12.3. The van der Waals surface area contributed by atoms with Gasteiger partial charge in [-0.2, -0.15) is 0 Å². The van der Waals surface area contributed by atoms with E-state index in [9.17, 15) is 9.59 Å². The summed E-state index contributed by atoms with van der Waals surface area (Å²) in [6.07, 6.45) is 5.83. The van der Waals surface area contributed by atoms with Gasteiger partial charge >= 0.3 is 5.97 Å². The first-order chi connectivity index (χ1) is 15.4. The van der Waals surface area contributed by atoms with Gasteiger partial charge in [0, 0.05) is 23.5 Å². The number of aromatic nitrogens is 2. The number of ether oxygens (including phenoxy) is 3. The molecule has 0 unspecified atom stereocenters. The Labute approximate surface area is 191 Å². The second-order valence-corrected chi connectivity index (χ2v) is 9.13. The van der Waals surface area contributed by atoms with Crippen molar-refractivity contribution in [1.29, 1.82) is 0 Å². The molecule has 1 fully saturated rings. The van der Waals surface area contributed by atoms with Crippen molar-refractivity contribution in [2.45, 2.75) is 58.5 Å². The van der Waals surface area contributed by atoms with Crippen LogP contribution in [0.1, 0.15) is 70.6 Å². The number of carbonyl (C=O) groups is 2. The molecule has 1 amide bonds. The molecule has 1 aromatic heterocycles. The molecule has 9 heteroatoms. The number of esters is 1. The lowest BCUT2D eigenvalue weighted by atomic mass is 9.94. The molecule has 2 aliphatic rings. The van der Waals surface area contributed by atoms with Crippen molar-refractivity contribution in [2.75, 3.05) is 19.5 Å². The zero-order valence-electron chi connectivity index (χ0n) is 18.7. The van der Waals surface area contributed by atoms with Crippen LogP contribution in [0.2, 0.25) is 0 Å². The molecule has 0 atom stereocenters. The predicted molar refractivity (Wildman–Crippen MR) is 121 cm³/mol. The fraction of sp³-hybridized carbons (Fsp3) is 0.478. The van der Waals surface area contributed by atoms with Crippen molar-refractivity contribution in [1.82, 2.24) is 10.2 Å². The largest absolute Gasteiger partial charge is 0.496 e. The lowest BCUT2D eigenvalue weighted by Crippen LogP contribution is -2.11. The Bertz CT molecular complexity index is 1090. The van der Waals surface area contributed by atoms with Crippen LogP contribution in [0.4, 0.5) is 5.13 Å². The number of nitrogens with zero attached hydrogens (tertiary/aromatic N) is 2. The first-order valence-corrected chi connectivity index (χ1v) is 11.5. The average molecular weight is 458 g/mol. The second kappa shape index (κ2) is 9.28. The Kier molecular flexibility index (Phi) is 6.45. The van der Waals surface area contributed by atoms with E-state index in [1.165, 1.54) is 11.3 Å². The van der Waals surface area contributed by atoms with Crippen LogP contribution in [0.3, 0.4) is 0 Å². The summed E-state index contributed by atoms with van der Waals surface area (Å²) in [7, 11) is 3.15. The number of fused-ring (bicyclic) bond motifs is 1. The Balaban J connectivity index is 1.42. The van der Waals surface area contributed by atoms with E-state index in [2.05, 4.69) is 15.5 Å². The topological polar surface area (TPSA) is 99.6 Å². The quantitative estimate of drug-likeness (QED) is 0.442. The van der Waals surface area contributed by atoms with Gasteiger partial charge in [0.25, 0.3) is 0 Å². The molecule has 1 aliphatic heterocycles. The summed E-state index contributed by atoms with van der Waals surface area (Å²) in [6, 6.07) is 0. The van der Waals surface area contributed by atoms with Gasteiger partial charge in [-0.1, -0.05) is 23.0 Å². The van der Waals surface area contributed by atoms with Crippen molar-refractivity contribution in [3.05, 3.63) is 38.9 Å². The Morgan fingerprint density at radius 1 is 1.22 bits per heavy atom. The van der Waals surface area contributed by atoms with E-state index in [0.29, 0.717) is 47.4 Å². The van der Waals surface area contributed by atoms with Gasteiger partial charge in [0.15, 0.2) is 0 Å². The second-order valence-electron chi connectivity index (χ2n) is 8.12. The molecular formula is C23H27N3O5S. The Morgan fingerprint density at radius 2 is 1.97 bits per heavy atom. The number of allylic oxidation sites excluding steroid dienone is 2. The van der Waals surface area contributed by atoms with Crippen molar-refractivity contribution in [2.24, 2.45) is 0 Å². The molecule has 2 heterocycles. The third kappa shape index (κ3) is 4.48. The van der Waals surface area contributed by atoms with Gasteiger partial charge in [-0.25, -0.2) is 4.79 Å². The molecule has 8 nitrogen and oxygen atoms in total. The van der Waals surface area contributed by atoms with Crippen LogP contribution in [0, 0.1) is 6.92 Å². The van der Waals surface area contributed by atoms with Crippen molar-refractivity contribution >= 4 is 28.3 Å². The van der Waals surface area contributed by atoms with Gasteiger partial charge in [0.1, 0.15) is 28.7 Å². The molecule has 170 valence electrons. The minimum absolute atomic E-state index is 0.0810. The summed E-state index contributed by atoms with van der Waals surface area (Å²) in [5.41, 5.74) is 4.04. The van der Waals surface area contributed by atoms with Gasteiger partial charge in [-0.3, -0.25) is 4.79 Å². The number of amides is 1. The van der Waals surface area contributed by atoms with E-state index in [-0.39, 0.29) is 18.5 Å². The van der Waals surface area contributed by atoms with Crippen LogP contribution in [-0.2, 0) is 22.6 Å². The van der Waals surface area contributed by atoms with Gasteiger partial charge in [0.2, 0.25) is 11.0 Å². The molecule has 4 rings (SSSR count). The van der Waals surface area contributed by atoms with Crippen molar-refractivity contribution < 1.29 is 23.8 Å². The Hall–Kier alpha value is -2.94. The number of benzene rings is 1. The highest BCUT2D eigenvalue weighted by molar-refractivity contribution is 7.15. The standard InChI is InChI=1S/C23H27N3O5S/c1-12(6-10-17(27)24-23-26-25-21(32-23)14-7-8-14)5-9-15-19(29-3)13(2)16-11-31-22(28)18(16)20(15)30-4/h5,14H,6-11H2,1-4H3,(H,24,26,27)/b12-5+. The maximum Gasteiger partial charge on any atom is 0.342 e. The highest BCUT2D eigenvalue weighted by atomic mass is 32.1. The number of anilines is 1. The fourth-order valence-electron chi connectivity index (χ4n) is 3.89. The number of nitrogens with one attached hydrogen (secondary N) is 1. The lowest BCUT2D eigenvalue weighted by Gasteiger charge is -2.18. The van der Waals surface area contributed by atoms with Crippen LogP contribution in [0.5, 0.6) is 11.5 Å². The summed E-state index contributed by atoms with van der Waals surface area (Å²) >= 11 is 1.46. The van der Waals surface area contributed by atoms with Gasteiger partial charge in [0.05, 0.1) is 14.2 Å². The summed E-state index contributed by atoms with van der Waals surface area (Å²) in [4.78, 5) is 24.6. The third-order valence-corrected chi connectivity index (χ3v) is 6.85. The van der Waals surface area contributed by atoms with Gasteiger partial charge < -0.3 is 19.5 Å². The van der Waals surface area contributed by atoms with Crippen LogP contribution >= 0.6 is 11.3 Å². The molecule has 1 saturated carbocycles. The zero-order valence-corrected chi connectivity index (χ0v) is 19.6.